The van der Waals surface area contributed by atoms with E-state index in [0.29, 0.717) is 17.3 Å². The Morgan fingerprint density at radius 1 is 1.35 bits per heavy atom. The lowest BCUT2D eigenvalue weighted by Crippen LogP contribution is -2.46. The van der Waals surface area contributed by atoms with Crippen LogP contribution in [0.15, 0.2) is 10.1 Å². The number of nitrogens with zero attached hydrogens (tertiary/aromatic N) is 1. The van der Waals surface area contributed by atoms with Gasteiger partial charge < -0.3 is 0 Å². The van der Waals surface area contributed by atoms with E-state index in [-0.39, 0.29) is 10.4 Å². The Labute approximate surface area is 114 Å². The summed E-state index contributed by atoms with van der Waals surface area (Å²) in [6.07, 6.45) is 1.13. The first kappa shape index (κ1) is 16.6. The summed E-state index contributed by atoms with van der Waals surface area (Å²) in [6.45, 7) is 12.5. The number of halogens is 1. The molecule has 0 bridgehead atoms. The molecule has 17 heavy (non-hydrogen) atoms. The van der Waals surface area contributed by atoms with Gasteiger partial charge in [-0.1, -0.05) is 39.4 Å². The highest BCUT2D eigenvalue weighted by molar-refractivity contribution is 9.12. The van der Waals surface area contributed by atoms with E-state index in [2.05, 4.69) is 55.9 Å². The van der Waals surface area contributed by atoms with Crippen molar-refractivity contribution in [2.75, 3.05) is 0 Å². The summed E-state index contributed by atoms with van der Waals surface area (Å²) in [5.74, 6) is 0. The summed E-state index contributed by atoms with van der Waals surface area (Å²) in [7, 11) is -2.00. The Balaban J connectivity index is 5.14. The Bertz CT molecular complexity index is 372. The van der Waals surface area contributed by atoms with Crippen LogP contribution < -0.4 is 0 Å². The van der Waals surface area contributed by atoms with Gasteiger partial charge in [0, 0.05) is 6.42 Å². The number of allylic oxidation sites excluding steroid dienone is 2. The van der Waals surface area contributed by atoms with Gasteiger partial charge in [-0.05, 0) is 34.3 Å². The van der Waals surface area contributed by atoms with Crippen LogP contribution in [0.3, 0.4) is 0 Å². The fourth-order valence-electron chi connectivity index (χ4n) is 1.16. The maximum absolute atomic E-state index is 12.5. The monoisotopic (exact) mass is 315 g/mol. The lowest BCUT2D eigenvalue weighted by atomic mass is 10.2. The van der Waals surface area contributed by atoms with Gasteiger partial charge in [-0.15, -0.1) is 0 Å². The van der Waals surface area contributed by atoms with Crippen LogP contribution in [-0.2, 0) is 4.79 Å². The maximum atomic E-state index is 12.5. The van der Waals surface area contributed by atoms with Crippen molar-refractivity contribution in [3.63, 3.8) is 0 Å². The zero-order chi connectivity index (χ0) is 13.9. The highest BCUT2D eigenvalue weighted by Gasteiger charge is 2.43. The largest absolute Gasteiger partial charge is 0.299 e. The van der Waals surface area contributed by atoms with Gasteiger partial charge in [0.1, 0.15) is 13.5 Å². The summed E-state index contributed by atoms with van der Waals surface area (Å²) in [5.41, 5.74) is 0.987. The highest BCUT2D eigenvalue weighted by atomic mass is 79.9. The standard InChI is InChI=1S/C13H22BrNOSi/c1-10(8-7-9-15)11(14)12(16)17(5,6)13(2,3)4/h7-8H2,1-6H3/b11-10+. The average Bonchev–Trinajstić information content (AvgIpc) is 2.21. The van der Waals surface area contributed by atoms with Crippen molar-refractivity contribution in [3.05, 3.63) is 10.1 Å². The summed E-state index contributed by atoms with van der Waals surface area (Å²) in [4.78, 5) is 12.5. The van der Waals surface area contributed by atoms with Crippen molar-refractivity contribution >= 4 is 29.4 Å². The van der Waals surface area contributed by atoms with Gasteiger partial charge in [-0.2, -0.15) is 5.26 Å². The van der Waals surface area contributed by atoms with Crippen molar-refractivity contribution in [3.8, 4) is 6.07 Å². The SMILES string of the molecule is C/C(CCC#N)=C(\Br)C(=O)[Si](C)(C)C(C)(C)C. The van der Waals surface area contributed by atoms with Gasteiger partial charge in [0.25, 0.3) is 0 Å². The normalized spacial score (nSPS) is 14.0. The van der Waals surface area contributed by atoms with Crippen LogP contribution in [0.4, 0.5) is 0 Å². The topological polar surface area (TPSA) is 40.9 Å². The van der Waals surface area contributed by atoms with E-state index in [4.69, 9.17) is 5.26 Å². The fraction of sp³-hybridized carbons (Fsp3) is 0.692. The first-order chi connectivity index (χ1) is 7.55. The van der Waals surface area contributed by atoms with Gasteiger partial charge in [-0.25, -0.2) is 0 Å². The van der Waals surface area contributed by atoms with Gasteiger partial charge in [-0.3, -0.25) is 4.79 Å². The van der Waals surface area contributed by atoms with Crippen molar-refractivity contribution < 1.29 is 4.79 Å². The second-order valence-corrected chi connectivity index (χ2v) is 12.0. The van der Waals surface area contributed by atoms with Gasteiger partial charge in [0.2, 0.25) is 0 Å². The molecule has 0 spiro atoms. The fourth-order valence-corrected chi connectivity index (χ4v) is 4.29. The zero-order valence-corrected chi connectivity index (χ0v) is 14.2. The molecular formula is C13H22BrNOSi. The molecule has 0 aromatic rings. The van der Waals surface area contributed by atoms with Crippen LogP contribution >= 0.6 is 15.9 Å². The smallest absolute Gasteiger partial charge is 0.147 e. The summed E-state index contributed by atoms with van der Waals surface area (Å²) < 4.78 is 0.694. The first-order valence-corrected chi connectivity index (χ1v) is 9.62. The second kappa shape index (κ2) is 5.97. The Hall–Kier alpha value is -0.403. The van der Waals surface area contributed by atoms with Crippen molar-refractivity contribution in [2.24, 2.45) is 0 Å². The molecule has 4 heteroatoms. The molecule has 0 saturated heterocycles. The van der Waals surface area contributed by atoms with Crippen molar-refractivity contribution in [2.45, 2.75) is 58.7 Å². The molecular weight excluding hydrogens is 294 g/mol. The maximum Gasteiger partial charge on any atom is 0.147 e. The lowest BCUT2D eigenvalue weighted by Gasteiger charge is -2.35. The molecule has 0 aliphatic carbocycles. The molecule has 0 aromatic carbocycles. The Morgan fingerprint density at radius 2 is 1.82 bits per heavy atom. The molecule has 0 saturated carbocycles. The molecule has 96 valence electrons. The van der Waals surface area contributed by atoms with Crippen LogP contribution in [0.25, 0.3) is 0 Å². The van der Waals surface area contributed by atoms with Crippen LogP contribution in [0.5, 0.6) is 0 Å². The van der Waals surface area contributed by atoms with E-state index in [1.807, 2.05) is 6.92 Å². The molecule has 0 aliphatic heterocycles. The van der Waals surface area contributed by atoms with E-state index in [1.54, 1.807) is 0 Å². The highest BCUT2D eigenvalue weighted by Crippen LogP contribution is 2.39. The van der Waals surface area contributed by atoms with Gasteiger partial charge in [0.05, 0.1) is 10.6 Å². The summed E-state index contributed by atoms with van der Waals surface area (Å²) in [5, 5.41) is 8.85. The molecule has 0 N–H and O–H groups in total. The third kappa shape index (κ3) is 4.08. The zero-order valence-electron chi connectivity index (χ0n) is 11.6. The predicted octanol–water partition coefficient (Wildman–Crippen LogP) is 4.58. The van der Waals surface area contributed by atoms with Crippen LogP contribution in [0, 0.1) is 11.3 Å². The van der Waals surface area contributed by atoms with Crippen molar-refractivity contribution in [1.29, 1.82) is 5.26 Å². The minimum atomic E-state index is -2.00. The van der Waals surface area contributed by atoms with Crippen LogP contribution in [-0.4, -0.2) is 13.5 Å². The molecule has 0 radical (unpaired) electrons. The van der Waals surface area contributed by atoms with E-state index in [1.165, 1.54) is 0 Å². The number of nitriles is 1. The quantitative estimate of drug-likeness (QED) is 0.563. The average molecular weight is 316 g/mol. The van der Waals surface area contributed by atoms with Gasteiger partial charge in [0.15, 0.2) is 0 Å². The number of hydrogen-bond acceptors (Lipinski definition) is 2. The minimum Gasteiger partial charge on any atom is -0.299 e. The lowest BCUT2D eigenvalue weighted by molar-refractivity contribution is -0.109. The third-order valence-electron chi connectivity index (χ3n) is 3.63. The Kier molecular flexibility index (Phi) is 5.83. The summed E-state index contributed by atoms with van der Waals surface area (Å²) in [6, 6.07) is 2.11. The van der Waals surface area contributed by atoms with E-state index in [0.717, 1.165) is 5.57 Å². The number of hydrogen-bond donors (Lipinski definition) is 0. The molecule has 0 atom stereocenters. The van der Waals surface area contributed by atoms with E-state index >= 15 is 0 Å². The predicted molar refractivity (Wildman–Crippen MR) is 78.7 cm³/mol. The number of carbonyl (C=O) groups is 1. The number of carbonyl (C=O) groups excluding carboxylic acids is 1. The van der Waals surface area contributed by atoms with Crippen LogP contribution in [0.1, 0.15) is 40.5 Å². The minimum absolute atomic E-state index is 0.0403. The number of rotatable bonds is 4. The Morgan fingerprint density at radius 3 is 2.18 bits per heavy atom. The first-order valence-electron chi connectivity index (χ1n) is 5.82. The van der Waals surface area contributed by atoms with Crippen LogP contribution in [0.2, 0.25) is 18.1 Å². The molecule has 0 aliphatic rings. The van der Waals surface area contributed by atoms with Gasteiger partial charge >= 0.3 is 0 Å². The summed E-state index contributed by atoms with van der Waals surface area (Å²) >= 11 is 3.42. The van der Waals surface area contributed by atoms with E-state index < -0.39 is 8.07 Å². The molecule has 2 nitrogen and oxygen atoms in total. The molecule has 0 heterocycles. The third-order valence-corrected chi connectivity index (χ3v) is 10.2. The molecule has 0 fully saturated rings. The van der Waals surface area contributed by atoms with Crippen molar-refractivity contribution in [1.82, 2.24) is 0 Å². The molecule has 0 amide bonds. The second-order valence-electron chi connectivity index (χ2n) is 5.96. The van der Waals surface area contributed by atoms with E-state index in [9.17, 15) is 4.79 Å². The molecule has 0 aromatic heterocycles. The molecule has 0 unspecified atom stereocenters. The molecule has 0 rings (SSSR count).